The topological polar surface area (TPSA) is 17.1 Å². The Balaban J connectivity index is 2.23. The van der Waals surface area contributed by atoms with Crippen LogP contribution in [0.25, 0.3) is 6.08 Å². The van der Waals surface area contributed by atoms with Crippen LogP contribution in [0.15, 0.2) is 42.0 Å². The van der Waals surface area contributed by atoms with Crippen molar-refractivity contribution in [2.45, 2.75) is 5.25 Å². The van der Waals surface area contributed by atoms with Gasteiger partial charge in [0.05, 0.1) is 5.25 Å². The average Bonchev–Trinajstić information content (AvgIpc) is 2.29. The van der Waals surface area contributed by atoms with Gasteiger partial charge in [-0.1, -0.05) is 36.4 Å². The van der Waals surface area contributed by atoms with Crippen molar-refractivity contribution in [3.05, 3.63) is 53.1 Å². The minimum absolute atomic E-state index is 0.0263. The van der Waals surface area contributed by atoms with Gasteiger partial charge in [-0.05, 0) is 28.8 Å². The summed E-state index contributed by atoms with van der Waals surface area (Å²) >= 11 is 0. The zero-order valence-electron chi connectivity index (χ0n) is 9.01. The van der Waals surface area contributed by atoms with E-state index in [1.54, 1.807) is 0 Å². The van der Waals surface area contributed by atoms with Gasteiger partial charge >= 0.3 is 0 Å². The van der Waals surface area contributed by atoms with Gasteiger partial charge in [0.15, 0.2) is 5.78 Å². The largest absolute Gasteiger partial charge is 0.293 e. The first-order valence-electron chi connectivity index (χ1n) is 5.27. The number of fused-ring (bicyclic) bond motifs is 2. The van der Waals surface area contributed by atoms with Crippen molar-refractivity contribution >= 4 is 27.7 Å². The molecule has 0 amide bonds. The fraction of sp³-hybridized carbons (Fsp3) is 0.143. The second-order valence-electron chi connectivity index (χ2n) is 4.08. The minimum atomic E-state index is 0.0263. The summed E-state index contributed by atoms with van der Waals surface area (Å²) in [5.41, 5.74) is 3.10. The molecule has 0 radical (unpaired) electrons. The quantitative estimate of drug-likeness (QED) is 0.624. The second-order valence-corrected chi connectivity index (χ2v) is 6.04. The van der Waals surface area contributed by atoms with Gasteiger partial charge in [0.2, 0.25) is 0 Å². The van der Waals surface area contributed by atoms with Gasteiger partial charge in [0.25, 0.3) is 0 Å². The Labute approximate surface area is 97.4 Å². The molecule has 0 saturated heterocycles. The van der Waals surface area contributed by atoms with Crippen molar-refractivity contribution in [3.63, 3.8) is 0 Å². The van der Waals surface area contributed by atoms with Gasteiger partial charge in [0, 0.05) is 5.56 Å². The lowest BCUT2D eigenvalue weighted by Crippen LogP contribution is -2.26. The van der Waals surface area contributed by atoms with Crippen LogP contribution in [0.4, 0.5) is 0 Å². The molecule has 1 heterocycles. The molecule has 0 saturated carbocycles. The Kier molecular flexibility index (Phi) is 2.18. The Morgan fingerprint density at radius 2 is 2.06 bits per heavy atom. The highest BCUT2D eigenvalue weighted by molar-refractivity contribution is 8.16. The first-order valence-corrected chi connectivity index (χ1v) is 7.03. The van der Waals surface area contributed by atoms with Crippen molar-refractivity contribution in [1.82, 2.24) is 0 Å². The summed E-state index contributed by atoms with van der Waals surface area (Å²) in [6.45, 7) is 0. The molecular formula is C14H12OS. The van der Waals surface area contributed by atoms with Crippen LogP contribution >= 0.6 is 10.5 Å². The lowest BCUT2D eigenvalue weighted by atomic mass is 9.90. The summed E-state index contributed by atoms with van der Waals surface area (Å²) in [4.78, 5) is 12.4. The van der Waals surface area contributed by atoms with Crippen LogP contribution in [0.3, 0.4) is 0 Å². The summed E-state index contributed by atoms with van der Waals surface area (Å²) in [6.07, 6.45) is 8.40. The van der Waals surface area contributed by atoms with Gasteiger partial charge in [-0.2, -0.15) is 10.5 Å². The molecule has 0 aromatic heterocycles. The smallest absolute Gasteiger partial charge is 0.180 e. The normalized spacial score (nSPS) is 26.6. The maximum Gasteiger partial charge on any atom is 0.180 e. The molecule has 2 aliphatic rings. The number of benzene rings is 1. The summed E-state index contributed by atoms with van der Waals surface area (Å²) in [6, 6.07) is 7.86. The highest BCUT2D eigenvalue weighted by Gasteiger charge is 2.30. The van der Waals surface area contributed by atoms with E-state index in [1.165, 1.54) is 0 Å². The summed E-state index contributed by atoms with van der Waals surface area (Å²) < 4.78 is 0. The van der Waals surface area contributed by atoms with Crippen LogP contribution in [-0.4, -0.2) is 22.7 Å². The van der Waals surface area contributed by atoms with Crippen LogP contribution in [0.1, 0.15) is 15.9 Å². The number of hydrogen-bond acceptors (Lipinski definition) is 1. The number of hydrogen-bond donors (Lipinski definition) is 0. The lowest BCUT2D eigenvalue weighted by Gasteiger charge is -2.26. The van der Waals surface area contributed by atoms with E-state index in [1.807, 2.05) is 24.3 Å². The molecule has 1 aromatic carbocycles. The first-order chi connectivity index (χ1) is 7.77. The van der Waals surface area contributed by atoms with Gasteiger partial charge < -0.3 is 0 Å². The maximum absolute atomic E-state index is 12.4. The van der Waals surface area contributed by atoms with Crippen molar-refractivity contribution in [3.8, 4) is 0 Å². The third kappa shape index (κ3) is 1.34. The van der Waals surface area contributed by atoms with Crippen LogP contribution < -0.4 is 0 Å². The highest BCUT2D eigenvalue weighted by atomic mass is 32.2. The summed E-state index contributed by atoms with van der Waals surface area (Å²) in [7, 11) is 0.0263. The van der Waals surface area contributed by atoms with Crippen molar-refractivity contribution in [2.75, 3.05) is 6.26 Å². The number of carbonyl (C=O) groups excluding carboxylic acids is 1. The molecule has 1 aliphatic carbocycles. The molecule has 3 rings (SSSR count). The van der Waals surface area contributed by atoms with Crippen LogP contribution in [0.5, 0.6) is 0 Å². The molecule has 1 aliphatic heterocycles. The number of Topliss-reactive ketones (excluding diaryl/α,β-unsaturated/α-hetero) is 1. The third-order valence-corrected chi connectivity index (χ3v) is 4.86. The molecule has 1 nitrogen and oxygen atoms in total. The molecule has 0 N–H and O–H groups in total. The Hall–Kier alpha value is -1.41. The van der Waals surface area contributed by atoms with E-state index in [0.29, 0.717) is 0 Å². The Bertz CT molecular complexity index is 564. The van der Waals surface area contributed by atoms with E-state index in [9.17, 15) is 4.79 Å². The van der Waals surface area contributed by atoms with E-state index in [4.69, 9.17) is 0 Å². The lowest BCUT2D eigenvalue weighted by molar-refractivity contribution is 0.0998. The molecule has 0 bridgehead atoms. The van der Waals surface area contributed by atoms with Crippen LogP contribution in [0, 0.1) is 0 Å². The maximum atomic E-state index is 12.4. The van der Waals surface area contributed by atoms with Gasteiger partial charge in [-0.3, -0.25) is 4.79 Å². The summed E-state index contributed by atoms with van der Waals surface area (Å²) in [5, 5.41) is 2.19. The Morgan fingerprint density at radius 1 is 1.25 bits per heavy atom. The van der Waals surface area contributed by atoms with Crippen molar-refractivity contribution in [1.29, 1.82) is 0 Å². The molecule has 2 heteroatoms. The molecule has 16 heavy (non-hydrogen) atoms. The number of allylic oxidation sites excluding steroid dienone is 2. The van der Waals surface area contributed by atoms with E-state index in [-0.39, 0.29) is 21.5 Å². The van der Waals surface area contributed by atoms with E-state index >= 15 is 0 Å². The number of carbonyl (C=O) groups is 1. The molecule has 0 spiro atoms. The SMILES string of the molecule is CS1=CC=CC2=Cc3ccccc3C(=O)C21. The standard InChI is InChI=1S/C14H12OS/c1-16-8-4-6-11-9-10-5-2-3-7-12(10)13(15)14(11)16/h2-9,14H,1H3. The fourth-order valence-corrected chi connectivity index (χ4v) is 3.79. The minimum Gasteiger partial charge on any atom is -0.293 e. The molecule has 2 atom stereocenters. The first kappa shape index (κ1) is 9.79. The predicted molar refractivity (Wildman–Crippen MR) is 71.3 cm³/mol. The fourth-order valence-electron chi connectivity index (χ4n) is 2.27. The second kappa shape index (κ2) is 3.56. The predicted octanol–water partition coefficient (Wildman–Crippen LogP) is 2.91. The number of ketones is 1. The average molecular weight is 228 g/mol. The molecule has 0 fully saturated rings. The van der Waals surface area contributed by atoms with E-state index in [2.05, 4.69) is 29.9 Å². The third-order valence-electron chi connectivity index (χ3n) is 3.04. The van der Waals surface area contributed by atoms with Gasteiger partial charge in [-0.15, -0.1) is 0 Å². The zero-order chi connectivity index (χ0) is 11.1. The van der Waals surface area contributed by atoms with Crippen molar-refractivity contribution < 1.29 is 4.79 Å². The molecule has 1 aromatic rings. The van der Waals surface area contributed by atoms with Gasteiger partial charge in [0.1, 0.15) is 0 Å². The molecular weight excluding hydrogens is 216 g/mol. The zero-order valence-corrected chi connectivity index (χ0v) is 9.83. The van der Waals surface area contributed by atoms with E-state index in [0.717, 1.165) is 16.7 Å². The number of rotatable bonds is 0. The van der Waals surface area contributed by atoms with Crippen LogP contribution in [0.2, 0.25) is 0 Å². The van der Waals surface area contributed by atoms with Crippen molar-refractivity contribution in [2.24, 2.45) is 0 Å². The molecule has 2 unspecified atom stereocenters. The van der Waals surface area contributed by atoms with Crippen LogP contribution in [-0.2, 0) is 0 Å². The van der Waals surface area contributed by atoms with E-state index < -0.39 is 0 Å². The highest BCUT2D eigenvalue weighted by Crippen LogP contribution is 2.36. The summed E-state index contributed by atoms with van der Waals surface area (Å²) in [5.74, 6) is 0.277. The molecule has 80 valence electrons. The van der Waals surface area contributed by atoms with Gasteiger partial charge in [-0.25, -0.2) is 0 Å². The Morgan fingerprint density at radius 3 is 2.94 bits per heavy atom. The monoisotopic (exact) mass is 228 g/mol.